The molecule has 122 valence electrons. The number of rotatable bonds is 4. The van der Waals surface area contributed by atoms with Crippen LogP contribution in [0.15, 0.2) is 12.4 Å². The number of nitrogens with zero attached hydrogens (tertiary/aromatic N) is 4. The van der Waals surface area contributed by atoms with E-state index in [1.54, 1.807) is 25.6 Å². The molecule has 1 atom stereocenters. The number of amides is 1. The third-order valence-electron chi connectivity index (χ3n) is 3.40. The summed E-state index contributed by atoms with van der Waals surface area (Å²) in [5.74, 6) is -1.13. The van der Waals surface area contributed by atoms with Gasteiger partial charge in [-0.2, -0.15) is 5.10 Å². The molecule has 0 saturated carbocycles. The molecule has 2 aromatic rings. The number of ether oxygens (including phenoxy) is 1. The quantitative estimate of drug-likeness (QED) is 0.854. The smallest absolute Gasteiger partial charge is 0.359 e. The van der Waals surface area contributed by atoms with Gasteiger partial charge in [0.15, 0.2) is 11.8 Å². The average molecular weight is 317 g/mol. The lowest BCUT2D eigenvalue weighted by molar-refractivity contribution is -0.123. The Morgan fingerprint density at radius 2 is 1.91 bits per heavy atom. The van der Waals surface area contributed by atoms with E-state index < -0.39 is 18.0 Å². The molecular weight excluding hydrogens is 298 g/mol. The summed E-state index contributed by atoms with van der Waals surface area (Å²) in [7, 11) is 1.79. The van der Waals surface area contributed by atoms with E-state index in [2.05, 4.69) is 20.4 Å². The van der Waals surface area contributed by atoms with Gasteiger partial charge < -0.3 is 10.1 Å². The van der Waals surface area contributed by atoms with Gasteiger partial charge in [0.2, 0.25) is 0 Å². The maximum Gasteiger partial charge on any atom is 0.359 e. The summed E-state index contributed by atoms with van der Waals surface area (Å²) in [5, 5.41) is 6.95. The molecule has 0 aromatic carbocycles. The third-order valence-corrected chi connectivity index (χ3v) is 3.40. The molecule has 2 aromatic heterocycles. The predicted octanol–water partition coefficient (Wildman–Crippen LogP) is 1.32. The molecule has 0 radical (unpaired) electrons. The van der Waals surface area contributed by atoms with E-state index in [1.807, 2.05) is 6.92 Å². The van der Waals surface area contributed by atoms with Crippen molar-refractivity contribution in [3.63, 3.8) is 0 Å². The monoisotopic (exact) mass is 317 g/mol. The molecule has 8 heteroatoms. The highest BCUT2D eigenvalue weighted by Crippen LogP contribution is 2.18. The van der Waals surface area contributed by atoms with E-state index in [9.17, 15) is 9.59 Å². The summed E-state index contributed by atoms with van der Waals surface area (Å²) >= 11 is 0. The van der Waals surface area contributed by atoms with Crippen LogP contribution in [-0.2, 0) is 16.6 Å². The van der Waals surface area contributed by atoms with Gasteiger partial charge >= 0.3 is 5.97 Å². The molecule has 2 rings (SSSR count). The van der Waals surface area contributed by atoms with Gasteiger partial charge in [-0.25, -0.2) is 9.78 Å². The molecule has 1 amide bonds. The molecule has 0 aliphatic carbocycles. The average Bonchev–Trinajstić information content (AvgIpc) is 2.74. The lowest BCUT2D eigenvalue weighted by atomic mass is 10.3. The van der Waals surface area contributed by atoms with Crippen LogP contribution in [0.2, 0.25) is 0 Å². The zero-order chi connectivity index (χ0) is 17.1. The standard InChI is InChI=1S/C15H19N5O3/c1-8-6-17-12(7-16-8)15(22)23-11(4)14(21)18-13-9(2)19-20(5)10(13)3/h6-7,11H,1-5H3,(H,18,21)/t11-/m0/s1. The Morgan fingerprint density at radius 3 is 2.43 bits per heavy atom. The second kappa shape index (κ2) is 6.55. The third kappa shape index (κ3) is 3.71. The van der Waals surface area contributed by atoms with Gasteiger partial charge in [0.25, 0.3) is 5.91 Å². The highest BCUT2D eigenvalue weighted by atomic mass is 16.5. The SMILES string of the molecule is Cc1cnc(C(=O)O[C@@H](C)C(=O)Nc2c(C)nn(C)c2C)cn1. The molecular formula is C15H19N5O3. The highest BCUT2D eigenvalue weighted by molar-refractivity contribution is 5.97. The molecule has 0 aliphatic rings. The van der Waals surface area contributed by atoms with Crippen molar-refractivity contribution < 1.29 is 14.3 Å². The first-order chi connectivity index (χ1) is 10.8. The van der Waals surface area contributed by atoms with Crippen LogP contribution >= 0.6 is 0 Å². The molecule has 0 fully saturated rings. The Balaban J connectivity index is 2.02. The number of anilines is 1. The maximum absolute atomic E-state index is 12.2. The molecule has 0 saturated heterocycles. The maximum atomic E-state index is 12.2. The number of hydrogen-bond donors (Lipinski definition) is 1. The molecule has 0 bridgehead atoms. The largest absolute Gasteiger partial charge is 0.448 e. The summed E-state index contributed by atoms with van der Waals surface area (Å²) in [4.78, 5) is 32.0. The van der Waals surface area contributed by atoms with E-state index in [0.29, 0.717) is 17.1 Å². The highest BCUT2D eigenvalue weighted by Gasteiger charge is 2.22. The fourth-order valence-electron chi connectivity index (χ4n) is 1.95. The summed E-state index contributed by atoms with van der Waals surface area (Å²) in [5.41, 5.74) is 2.88. The van der Waals surface area contributed by atoms with Crippen molar-refractivity contribution in [3.8, 4) is 0 Å². The van der Waals surface area contributed by atoms with E-state index in [1.165, 1.54) is 19.3 Å². The van der Waals surface area contributed by atoms with E-state index in [4.69, 9.17) is 4.74 Å². The van der Waals surface area contributed by atoms with Crippen LogP contribution in [0, 0.1) is 20.8 Å². The Kier molecular flexibility index (Phi) is 4.73. The number of nitrogens with one attached hydrogen (secondary N) is 1. The van der Waals surface area contributed by atoms with Crippen LogP contribution < -0.4 is 5.32 Å². The van der Waals surface area contributed by atoms with Crippen LogP contribution in [0.25, 0.3) is 0 Å². The van der Waals surface area contributed by atoms with Crippen molar-refractivity contribution in [2.75, 3.05) is 5.32 Å². The Labute approximate surface area is 133 Å². The number of esters is 1. The fraction of sp³-hybridized carbons (Fsp3) is 0.400. The van der Waals surface area contributed by atoms with Gasteiger partial charge in [-0.15, -0.1) is 0 Å². The van der Waals surface area contributed by atoms with E-state index >= 15 is 0 Å². The topological polar surface area (TPSA) is 99.0 Å². The van der Waals surface area contributed by atoms with Crippen LogP contribution in [0.1, 0.15) is 34.5 Å². The predicted molar refractivity (Wildman–Crippen MR) is 83.0 cm³/mol. The van der Waals surface area contributed by atoms with Gasteiger partial charge in [-0.3, -0.25) is 14.5 Å². The summed E-state index contributed by atoms with van der Waals surface area (Å²) in [6, 6.07) is 0. The summed E-state index contributed by atoms with van der Waals surface area (Å²) in [6.45, 7) is 6.89. The number of carbonyl (C=O) groups excluding carboxylic acids is 2. The zero-order valence-electron chi connectivity index (χ0n) is 13.7. The molecule has 0 spiro atoms. The van der Waals surface area contributed by atoms with Crippen molar-refractivity contribution in [2.45, 2.75) is 33.8 Å². The van der Waals surface area contributed by atoms with Crippen LogP contribution in [0.3, 0.4) is 0 Å². The molecule has 23 heavy (non-hydrogen) atoms. The van der Waals surface area contributed by atoms with Crippen molar-refractivity contribution in [3.05, 3.63) is 35.2 Å². The van der Waals surface area contributed by atoms with E-state index in [0.717, 1.165) is 5.69 Å². The number of aryl methyl sites for hydroxylation is 3. The van der Waals surface area contributed by atoms with Gasteiger partial charge in [0.05, 0.1) is 29.0 Å². The second-order valence-corrected chi connectivity index (χ2v) is 5.25. The first kappa shape index (κ1) is 16.6. The Morgan fingerprint density at radius 1 is 1.22 bits per heavy atom. The summed E-state index contributed by atoms with van der Waals surface area (Å²) in [6.07, 6.45) is 1.81. The van der Waals surface area contributed by atoms with Crippen molar-refractivity contribution in [1.29, 1.82) is 0 Å². The lowest BCUT2D eigenvalue weighted by Crippen LogP contribution is -2.30. The normalized spacial score (nSPS) is 11.9. The minimum Gasteiger partial charge on any atom is -0.448 e. The number of carbonyl (C=O) groups is 2. The zero-order valence-corrected chi connectivity index (χ0v) is 13.7. The number of aromatic nitrogens is 4. The van der Waals surface area contributed by atoms with Crippen molar-refractivity contribution >= 4 is 17.6 Å². The van der Waals surface area contributed by atoms with E-state index in [-0.39, 0.29) is 5.69 Å². The van der Waals surface area contributed by atoms with Crippen LogP contribution in [-0.4, -0.2) is 37.7 Å². The minimum atomic E-state index is -0.968. The molecule has 8 nitrogen and oxygen atoms in total. The number of hydrogen-bond acceptors (Lipinski definition) is 6. The fourth-order valence-corrected chi connectivity index (χ4v) is 1.95. The first-order valence-electron chi connectivity index (χ1n) is 7.10. The van der Waals surface area contributed by atoms with Crippen molar-refractivity contribution in [2.24, 2.45) is 7.05 Å². The first-order valence-corrected chi connectivity index (χ1v) is 7.10. The minimum absolute atomic E-state index is 0.0592. The van der Waals surface area contributed by atoms with Gasteiger partial charge in [0, 0.05) is 13.2 Å². The molecule has 0 unspecified atom stereocenters. The van der Waals surface area contributed by atoms with Crippen molar-refractivity contribution in [1.82, 2.24) is 19.7 Å². The Hall–Kier alpha value is -2.77. The second-order valence-electron chi connectivity index (χ2n) is 5.25. The molecule has 2 heterocycles. The lowest BCUT2D eigenvalue weighted by Gasteiger charge is -2.13. The van der Waals surface area contributed by atoms with Gasteiger partial charge in [-0.1, -0.05) is 0 Å². The summed E-state index contributed by atoms with van der Waals surface area (Å²) < 4.78 is 6.79. The van der Waals surface area contributed by atoms with Crippen LogP contribution in [0.4, 0.5) is 5.69 Å². The van der Waals surface area contributed by atoms with Gasteiger partial charge in [0.1, 0.15) is 0 Å². The van der Waals surface area contributed by atoms with Crippen LogP contribution in [0.5, 0.6) is 0 Å². The molecule has 0 aliphatic heterocycles. The molecule has 1 N–H and O–H groups in total. The Bertz CT molecular complexity index is 736. The van der Waals surface area contributed by atoms with Gasteiger partial charge in [-0.05, 0) is 27.7 Å².